The molecule has 0 amide bonds. The summed E-state index contributed by atoms with van der Waals surface area (Å²) >= 11 is 0. The molecule has 11 aliphatic carbocycles. The van der Waals surface area contributed by atoms with Crippen molar-refractivity contribution in [3.05, 3.63) is 0 Å². The summed E-state index contributed by atoms with van der Waals surface area (Å²) in [5.74, 6) is 5.07. The number of esters is 7. The summed E-state index contributed by atoms with van der Waals surface area (Å²) in [7, 11) is 0. The number of carbonyl (C=O) groups is 8. The summed E-state index contributed by atoms with van der Waals surface area (Å²) < 4.78 is 48.8. The van der Waals surface area contributed by atoms with Crippen molar-refractivity contribution in [2.75, 3.05) is 19.8 Å². The second kappa shape index (κ2) is 50.1. The topological polar surface area (TPSA) is 240 Å². The van der Waals surface area contributed by atoms with Crippen LogP contribution in [0.4, 0.5) is 4.79 Å². The quantitative estimate of drug-likeness (QED) is 0.0507. The van der Waals surface area contributed by atoms with Gasteiger partial charge in [-0.3, -0.25) is 33.6 Å². The zero-order valence-corrected chi connectivity index (χ0v) is 68.7. The van der Waals surface area contributed by atoms with Gasteiger partial charge in [-0.25, -0.2) is 4.79 Å². The third kappa shape index (κ3) is 30.3. The van der Waals surface area contributed by atoms with Gasteiger partial charge in [-0.1, -0.05) is 185 Å². The molecule has 13 rings (SSSR count). The Morgan fingerprint density at radius 3 is 1.27 bits per heavy atom. The number of hydrogen-bond donors (Lipinski definition) is 1. The predicted octanol–water partition coefficient (Wildman–Crippen LogP) is 26.4. The van der Waals surface area contributed by atoms with Crippen molar-refractivity contribution in [1.29, 1.82) is 0 Å². The average molecular weight is 1650 g/mol. The van der Waals surface area contributed by atoms with E-state index in [4.69, 9.17) is 37.9 Å². The lowest BCUT2D eigenvalue weighted by Gasteiger charge is -2.62. The molecule has 18 heteroatoms. The summed E-state index contributed by atoms with van der Waals surface area (Å²) in [4.78, 5) is 94.6. The zero-order chi connectivity index (χ0) is 77.3. The van der Waals surface area contributed by atoms with Gasteiger partial charge in [0, 0.05) is 18.3 Å². The van der Waals surface area contributed by atoms with Gasteiger partial charge in [-0.15, -0.1) is 0 Å². The highest BCUT2D eigenvalue weighted by Crippen LogP contribution is 2.63. The van der Waals surface area contributed by atoms with Gasteiger partial charge in [-0.2, -0.15) is 0 Å². The van der Waals surface area contributed by atoms with Crippen molar-refractivity contribution in [2.24, 2.45) is 97.6 Å². The first kappa shape index (κ1) is 124. The number of aliphatic hydroxyl groups is 1. The van der Waals surface area contributed by atoms with Gasteiger partial charge in [0.15, 0.2) is 6.10 Å². The molecule has 8 unspecified atom stereocenters. The lowest BCUT2D eigenvalue weighted by Crippen LogP contribution is -2.63. The Morgan fingerprint density at radius 2 is 0.870 bits per heavy atom. The minimum atomic E-state index is -0.703. The number of fused-ring (bicyclic) bond motifs is 1. The molecular formula is C97H192O18. The largest absolute Gasteiger partial charge is 0.508 e. The van der Waals surface area contributed by atoms with Crippen LogP contribution >= 0.6 is 0 Å². The molecule has 13 fully saturated rings. The molecule has 688 valence electrons. The maximum Gasteiger partial charge on any atom is 0.508 e. The van der Waals surface area contributed by atoms with Gasteiger partial charge in [0.05, 0.1) is 50.6 Å². The van der Waals surface area contributed by atoms with Gasteiger partial charge >= 0.3 is 47.9 Å². The lowest BCUT2D eigenvalue weighted by molar-refractivity contribution is -0.231. The first-order valence-corrected chi connectivity index (χ1v) is 40.8. The van der Waals surface area contributed by atoms with Crippen molar-refractivity contribution >= 4 is 47.9 Å². The highest BCUT2D eigenvalue weighted by atomic mass is 16.8. The van der Waals surface area contributed by atoms with Gasteiger partial charge < -0.3 is 47.7 Å². The summed E-state index contributed by atoms with van der Waals surface area (Å²) in [6.45, 7) is 47.1. The molecule has 11 saturated carbocycles. The van der Waals surface area contributed by atoms with Crippen molar-refractivity contribution in [1.82, 2.24) is 0 Å². The minimum absolute atomic E-state index is 0. The van der Waals surface area contributed by atoms with E-state index in [1.54, 1.807) is 0 Å². The normalized spacial score (nSPS) is 28.3. The minimum Gasteiger partial charge on any atom is -0.465 e. The van der Waals surface area contributed by atoms with Crippen molar-refractivity contribution < 1.29 is 86.1 Å². The summed E-state index contributed by atoms with van der Waals surface area (Å²) in [6, 6.07) is 0. The molecule has 8 atom stereocenters. The van der Waals surface area contributed by atoms with Crippen LogP contribution in [0.3, 0.4) is 0 Å². The standard InChI is InChI=1S/C19H32O2.C16H26O3.C14H20O4.C14H26O2.C12H24O2.C10H16O5.12CH4/c1-6-18(4,5)17(20)21-19(12(2)3)15-8-13-7-14(10-15)11-16(19)9-13;1-4-14(2,3)13(17)19-16-8-11-5-12(9-16)7-15(18,6-11)10-16;1-4-14(2,3)13(16)18-10-7-5-8-9(6-7)12(15)17-11(8)10;1-6-13(4,5)12(15)16-14(11(2)3)9-7-8-10-14;1-5-7-8-9-10-14-11(13)12(3,4)6-2;1-4-10(2,3)8(11)13-5-7-6-14-9(12)15-7;;;;;;;;;;;;/h12-16H,6-11H2,1-5H3;11-12,18H,4-10H2,1-3H3;7-11H,4-6H2,1-3H3;11H,6-10H2,1-5H3;5-10H2,1-4H3;7H,4-6H2,1-3H3;12*1H4. The highest BCUT2D eigenvalue weighted by Gasteiger charge is 2.65. The SMILES string of the molecule is C.C.C.C.C.C.C.C.C.C.C.C.CCC(C)(C)C(=O)OC1(C(C)C)C2CC3CC(C2)CC1C3.CCC(C)(C)C(=O)OC1(C(C)C)CCCC1.CCC(C)(C)C(=O)OC12CC3CC(CC(O)(C3)C1)C2.CCC(C)(C)C(=O)OC1C2CC3C(=O)OC1C3C2.CCC(C)(C)C(=O)OCC1COC(=O)O1.CCCCCCOC(=O)C(C)(C)CC. The first-order valence-electron chi connectivity index (χ1n) is 40.8. The second-order valence-electron chi connectivity index (χ2n) is 38.1. The Balaban J connectivity index is -0.000000240. The average Bonchev–Trinajstić information content (AvgIpc) is 1.06. The molecule has 0 aromatic carbocycles. The molecule has 0 radical (unpaired) electrons. The molecule has 18 nitrogen and oxygen atoms in total. The van der Waals surface area contributed by atoms with E-state index in [2.05, 4.69) is 46.3 Å². The molecule has 2 saturated heterocycles. The Hall–Kier alpha value is -4.48. The maximum atomic E-state index is 12.8. The van der Waals surface area contributed by atoms with Crippen molar-refractivity contribution in [3.63, 3.8) is 0 Å². The van der Waals surface area contributed by atoms with Crippen LogP contribution in [-0.4, -0.2) is 114 Å². The number of carbonyl (C=O) groups excluding carboxylic acids is 8. The van der Waals surface area contributed by atoms with Gasteiger partial charge in [0.1, 0.15) is 42.2 Å². The molecule has 0 spiro atoms. The number of ether oxygens (including phenoxy) is 9. The fourth-order valence-electron chi connectivity index (χ4n) is 18.0. The van der Waals surface area contributed by atoms with Crippen molar-refractivity contribution in [2.45, 2.75) is 462 Å². The van der Waals surface area contributed by atoms with E-state index >= 15 is 0 Å². The molecule has 1 N–H and O–H groups in total. The van der Waals surface area contributed by atoms with Crippen LogP contribution in [-0.2, 0) is 76.2 Å². The molecule has 10 bridgehead atoms. The van der Waals surface area contributed by atoms with Crippen LogP contribution in [0.15, 0.2) is 0 Å². The van der Waals surface area contributed by atoms with Crippen LogP contribution in [0.5, 0.6) is 0 Å². The Labute approximate surface area is 710 Å². The Kier molecular flexibility index (Phi) is 53.8. The number of rotatable bonds is 25. The summed E-state index contributed by atoms with van der Waals surface area (Å²) in [5, 5.41) is 10.6. The van der Waals surface area contributed by atoms with Gasteiger partial charge in [0.25, 0.3) is 0 Å². The predicted molar refractivity (Wildman–Crippen MR) is 478 cm³/mol. The third-order valence-electron chi connectivity index (χ3n) is 27.2. The van der Waals surface area contributed by atoms with E-state index < -0.39 is 34.1 Å². The summed E-state index contributed by atoms with van der Waals surface area (Å²) in [6.07, 6.45) is 26.4. The van der Waals surface area contributed by atoms with E-state index in [1.165, 1.54) is 64.2 Å². The fraction of sp³-hybridized carbons (Fsp3) is 0.918. The molecule has 13 aliphatic rings. The molecule has 2 aliphatic heterocycles. The van der Waals surface area contributed by atoms with Crippen LogP contribution in [0.1, 0.15) is 422 Å². The number of unbranched alkanes of at least 4 members (excludes halogenated alkanes) is 3. The Morgan fingerprint density at radius 1 is 0.461 bits per heavy atom. The molecule has 0 aromatic rings. The highest BCUT2D eigenvalue weighted by molar-refractivity contribution is 5.80. The van der Waals surface area contributed by atoms with Crippen LogP contribution in [0.2, 0.25) is 0 Å². The monoisotopic (exact) mass is 1650 g/mol. The van der Waals surface area contributed by atoms with Gasteiger partial charge in [0.2, 0.25) is 0 Å². The molecule has 0 aromatic heterocycles. The van der Waals surface area contributed by atoms with Crippen LogP contribution in [0.25, 0.3) is 0 Å². The van der Waals surface area contributed by atoms with E-state index in [9.17, 15) is 43.5 Å². The third-order valence-corrected chi connectivity index (χ3v) is 27.2. The first-order chi connectivity index (χ1) is 47.8. The Bertz CT molecular complexity index is 2810. The maximum absolute atomic E-state index is 12.8. The molecule has 115 heavy (non-hydrogen) atoms. The molecule has 2 heterocycles. The fourth-order valence-corrected chi connectivity index (χ4v) is 18.0. The van der Waals surface area contributed by atoms with E-state index in [0.717, 1.165) is 108 Å². The van der Waals surface area contributed by atoms with Crippen LogP contribution < -0.4 is 0 Å². The van der Waals surface area contributed by atoms with E-state index in [1.807, 2.05) is 118 Å². The summed E-state index contributed by atoms with van der Waals surface area (Å²) in [5.41, 5.74) is -3.63. The zero-order valence-electron chi connectivity index (χ0n) is 68.7. The number of hydrogen-bond acceptors (Lipinski definition) is 18. The van der Waals surface area contributed by atoms with Crippen LogP contribution in [0, 0.1) is 97.6 Å². The number of cyclic esters (lactones) is 2. The van der Waals surface area contributed by atoms with E-state index in [0.29, 0.717) is 66.8 Å². The van der Waals surface area contributed by atoms with E-state index in [-0.39, 0.29) is 195 Å². The molecular weight excluding hydrogens is 1450 g/mol. The van der Waals surface area contributed by atoms with Gasteiger partial charge in [-0.05, 0) is 278 Å². The smallest absolute Gasteiger partial charge is 0.465 e. The lowest BCUT2D eigenvalue weighted by atomic mass is 9.47. The second-order valence-corrected chi connectivity index (χ2v) is 38.1. The van der Waals surface area contributed by atoms with Crippen molar-refractivity contribution in [3.8, 4) is 0 Å².